The Morgan fingerprint density at radius 1 is 0.857 bits per heavy atom. The molecule has 0 spiro atoms. The van der Waals surface area contributed by atoms with Crippen LogP contribution in [0.5, 0.6) is 0 Å². The molecule has 3 aromatic carbocycles. The van der Waals surface area contributed by atoms with Crippen molar-refractivity contribution in [3.05, 3.63) is 90.0 Å². The summed E-state index contributed by atoms with van der Waals surface area (Å²) in [5, 5.41) is 3.89. The van der Waals surface area contributed by atoms with E-state index in [0.717, 1.165) is 16.7 Å². The number of nitrogens with zero attached hydrogens (tertiary/aromatic N) is 1. The van der Waals surface area contributed by atoms with Gasteiger partial charge in [0.2, 0.25) is 5.91 Å². The lowest BCUT2D eigenvalue weighted by Crippen LogP contribution is -2.54. The molecule has 3 amide bonds. The lowest BCUT2D eigenvalue weighted by Gasteiger charge is -2.27. The number of ketones is 1. The summed E-state index contributed by atoms with van der Waals surface area (Å²) in [5.74, 6) is -1.84. The minimum atomic E-state index is -0.907. The topological polar surface area (TPSA) is 95.6 Å². The van der Waals surface area contributed by atoms with Crippen molar-refractivity contribution in [2.45, 2.75) is 38.6 Å². The predicted octanol–water partition coefficient (Wildman–Crippen LogP) is 4.00. The summed E-state index contributed by atoms with van der Waals surface area (Å²) >= 11 is 0. The maximum atomic E-state index is 13.3. The minimum Gasteiger partial charge on any atom is -0.345 e. The molecule has 1 unspecified atom stereocenters. The number of hydrogen-bond donors (Lipinski definition) is 2. The number of hydrazine groups is 1. The van der Waals surface area contributed by atoms with E-state index in [2.05, 4.69) is 10.7 Å². The molecule has 2 atom stereocenters. The van der Waals surface area contributed by atoms with E-state index in [4.69, 9.17) is 0 Å². The molecule has 7 heteroatoms. The molecule has 0 aromatic heterocycles. The standard InChI is InChI=1S/C28H27N3O4/c1-18-21-12-6-7-13-22(21)23-14-8-9-15-24(23)31(28(18)35)30-27(34)19(2)29-26(33)17-16-25(32)20-10-4-3-5-11-20/h3-15,18-19H,16-17H2,1-2H3,(H,29,33)(H,30,34)/t18?,19-/m0/s1. The zero-order chi connectivity index (χ0) is 24.9. The third-order valence-corrected chi connectivity index (χ3v) is 6.12. The maximum Gasteiger partial charge on any atom is 0.261 e. The zero-order valence-electron chi connectivity index (χ0n) is 19.7. The second-order valence-corrected chi connectivity index (χ2v) is 8.55. The molecule has 1 aliphatic heterocycles. The second kappa shape index (κ2) is 10.3. The van der Waals surface area contributed by atoms with Crippen molar-refractivity contribution < 1.29 is 19.2 Å². The number of carbonyl (C=O) groups is 4. The smallest absolute Gasteiger partial charge is 0.261 e. The van der Waals surface area contributed by atoms with E-state index in [9.17, 15) is 19.2 Å². The Hall–Kier alpha value is -4.26. The minimum absolute atomic E-state index is 0.0385. The second-order valence-electron chi connectivity index (χ2n) is 8.55. The fraction of sp³-hybridized carbons (Fsp3) is 0.214. The molecule has 0 fully saturated rings. The van der Waals surface area contributed by atoms with Crippen LogP contribution in [0.3, 0.4) is 0 Å². The van der Waals surface area contributed by atoms with Crippen LogP contribution < -0.4 is 15.8 Å². The Morgan fingerprint density at radius 2 is 1.49 bits per heavy atom. The van der Waals surface area contributed by atoms with Crippen LogP contribution in [0.4, 0.5) is 5.69 Å². The molecule has 0 saturated carbocycles. The first-order chi connectivity index (χ1) is 16.9. The van der Waals surface area contributed by atoms with Crippen LogP contribution in [0.25, 0.3) is 11.1 Å². The van der Waals surface area contributed by atoms with Gasteiger partial charge in [-0.2, -0.15) is 0 Å². The SMILES string of the molecule is CC1C(=O)N(NC(=O)[C@H](C)NC(=O)CCC(=O)c2ccccc2)c2ccccc2-c2ccccc21. The maximum absolute atomic E-state index is 13.3. The Kier molecular flexibility index (Phi) is 7.06. The molecule has 2 N–H and O–H groups in total. The Bertz CT molecular complexity index is 1270. The highest BCUT2D eigenvalue weighted by molar-refractivity contribution is 6.07. The largest absolute Gasteiger partial charge is 0.345 e. The first-order valence-corrected chi connectivity index (χ1v) is 11.6. The van der Waals surface area contributed by atoms with Crippen LogP contribution in [-0.2, 0) is 14.4 Å². The van der Waals surface area contributed by atoms with E-state index in [0.29, 0.717) is 11.3 Å². The zero-order valence-corrected chi connectivity index (χ0v) is 19.7. The molecule has 0 aliphatic carbocycles. The van der Waals surface area contributed by atoms with Gasteiger partial charge in [-0.3, -0.25) is 24.6 Å². The highest BCUT2D eigenvalue weighted by Gasteiger charge is 2.33. The monoisotopic (exact) mass is 469 g/mol. The van der Waals surface area contributed by atoms with Gasteiger partial charge in [-0.25, -0.2) is 5.01 Å². The molecule has 0 radical (unpaired) electrons. The van der Waals surface area contributed by atoms with Gasteiger partial charge in [0.15, 0.2) is 5.78 Å². The summed E-state index contributed by atoms with van der Waals surface area (Å²) in [5.41, 5.74) is 6.44. The van der Waals surface area contributed by atoms with Gasteiger partial charge >= 0.3 is 0 Å². The van der Waals surface area contributed by atoms with E-state index in [1.54, 1.807) is 50.2 Å². The number of benzene rings is 3. The molecule has 0 saturated heterocycles. The van der Waals surface area contributed by atoms with E-state index in [1.165, 1.54) is 5.01 Å². The summed E-state index contributed by atoms with van der Waals surface area (Å²) in [4.78, 5) is 50.9. The Labute approximate surface area is 204 Å². The highest BCUT2D eigenvalue weighted by Crippen LogP contribution is 2.39. The Morgan fingerprint density at radius 3 is 2.23 bits per heavy atom. The number of para-hydroxylation sites is 1. The van der Waals surface area contributed by atoms with Gasteiger partial charge in [0.1, 0.15) is 6.04 Å². The summed E-state index contributed by atoms with van der Waals surface area (Å²) in [7, 11) is 0. The normalized spacial score (nSPS) is 15.3. The van der Waals surface area contributed by atoms with Crippen LogP contribution in [0.2, 0.25) is 0 Å². The summed E-state index contributed by atoms with van der Waals surface area (Å²) < 4.78 is 0. The first kappa shape index (κ1) is 23.9. The molecule has 4 rings (SSSR count). The van der Waals surface area contributed by atoms with Crippen molar-refractivity contribution in [3.63, 3.8) is 0 Å². The summed E-state index contributed by atoms with van der Waals surface area (Å²) in [6.07, 6.45) is 0.00111. The number of nitrogens with one attached hydrogen (secondary N) is 2. The third kappa shape index (κ3) is 5.14. The van der Waals surface area contributed by atoms with E-state index < -0.39 is 23.8 Å². The highest BCUT2D eigenvalue weighted by atomic mass is 16.2. The van der Waals surface area contributed by atoms with Crippen molar-refractivity contribution in [2.75, 3.05) is 5.01 Å². The van der Waals surface area contributed by atoms with E-state index in [1.807, 2.05) is 42.5 Å². The van der Waals surface area contributed by atoms with Crippen LogP contribution in [-0.4, -0.2) is 29.5 Å². The molecule has 1 heterocycles. The average Bonchev–Trinajstić information content (AvgIpc) is 2.97. The molecule has 178 valence electrons. The molecule has 0 bridgehead atoms. The molecular weight excluding hydrogens is 442 g/mol. The number of rotatable bonds is 7. The third-order valence-electron chi connectivity index (χ3n) is 6.12. The number of hydrogen-bond acceptors (Lipinski definition) is 4. The summed E-state index contributed by atoms with van der Waals surface area (Å²) in [6.45, 7) is 3.35. The van der Waals surface area contributed by atoms with Gasteiger partial charge in [-0.15, -0.1) is 0 Å². The average molecular weight is 470 g/mol. The predicted molar refractivity (Wildman–Crippen MR) is 134 cm³/mol. The number of anilines is 1. The van der Waals surface area contributed by atoms with Gasteiger partial charge in [-0.1, -0.05) is 72.8 Å². The van der Waals surface area contributed by atoms with Crippen LogP contribution >= 0.6 is 0 Å². The van der Waals surface area contributed by atoms with Crippen LogP contribution in [0, 0.1) is 0 Å². The van der Waals surface area contributed by atoms with Gasteiger partial charge in [0.25, 0.3) is 11.8 Å². The fourth-order valence-electron chi connectivity index (χ4n) is 4.16. The lowest BCUT2D eigenvalue weighted by atomic mass is 9.92. The van der Waals surface area contributed by atoms with Crippen molar-refractivity contribution in [3.8, 4) is 11.1 Å². The van der Waals surface area contributed by atoms with Gasteiger partial charge < -0.3 is 5.32 Å². The molecule has 35 heavy (non-hydrogen) atoms. The molecule has 3 aromatic rings. The van der Waals surface area contributed by atoms with Crippen LogP contribution in [0.15, 0.2) is 78.9 Å². The van der Waals surface area contributed by atoms with Crippen molar-refractivity contribution >= 4 is 29.2 Å². The number of fused-ring (bicyclic) bond motifs is 3. The Balaban J connectivity index is 1.44. The van der Waals surface area contributed by atoms with Crippen molar-refractivity contribution in [2.24, 2.45) is 0 Å². The quantitative estimate of drug-likeness (QED) is 0.511. The van der Waals surface area contributed by atoms with E-state index in [-0.39, 0.29) is 24.5 Å². The van der Waals surface area contributed by atoms with Crippen LogP contribution in [0.1, 0.15) is 48.5 Å². The number of Topliss-reactive ketones (excluding diaryl/α,β-unsaturated/α-hetero) is 1. The van der Waals surface area contributed by atoms with Gasteiger partial charge in [-0.05, 0) is 31.0 Å². The number of carbonyl (C=O) groups excluding carboxylic acids is 4. The first-order valence-electron chi connectivity index (χ1n) is 11.6. The number of amides is 3. The molecule has 1 aliphatic rings. The summed E-state index contributed by atoms with van der Waals surface area (Å²) in [6, 6.07) is 22.9. The molecular formula is C28H27N3O4. The van der Waals surface area contributed by atoms with Gasteiger partial charge in [0, 0.05) is 24.0 Å². The lowest BCUT2D eigenvalue weighted by molar-refractivity contribution is -0.130. The van der Waals surface area contributed by atoms with E-state index >= 15 is 0 Å². The fourth-order valence-corrected chi connectivity index (χ4v) is 4.16. The van der Waals surface area contributed by atoms with Gasteiger partial charge in [0.05, 0.1) is 11.6 Å². The molecule has 7 nitrogen and oxygen atoms in total. The van der Waals surface area contributed by atoms with Crippen molar-refractivity contribution in [1.29, 1.82) is 0 Å². The van der Waals surface area contributed by atoms with Crippen molar-refractivity contribution in [1.82, 2.24) is 10.7 Å².